The van der Waals surface area contributed by atoms with E-state index in [4.69, 9.17) is 0 Å². The number of pyridine rings is 1. The number of hydrogen-bond acceptors (Lipinski definition) is 4. The molecule has 1 aliphatic rings. The van der Waals surface area contributed by atoms with Crippen LogP contribution in [0, 0.1) is 0 Å². The Bertz CT molecular complexity index is 727. The van der Waals surface area contributed by atoms with Crippen LogP contribution in [0.15, 0.2) is 48.8 Å². The first kappa shape index (κ1) is 16.1. The van der Waals surface area contributed by atoms with E-state index in [0.717, 1.165) is 19.5 Å². The first-order valence-corrected chi connectivity index (χ1v) is 7.94. The Labute approximate surface area is 140 Å². The Morgan fingerprint density at radius 1 is 1.25 bits per heavy atom. The molecule has 2 heterocycles. The smallest absolute Gasteiger partial charge is 0.257 e. The van der Waals surface area contributed by atoms with Crippen molar-refractivity contribution in [1.29, 1.82) is 0 Å². The number of amides is 2. The van der Waals surface area contributed by atoms with Gasteiger partial charge in [0.05, 0.1) is 5.56 Å². The zero-order chi connectivity index (χ0) is 16.9. The third-order valence-corrected chi connectivity index (χ3v) is 4.19. The highest BCUT2D eigenvalue weighted by atomic mass is 16.2. The van der Waals surface area contributed by atoms with E-state index in [2.05, 4.69) is 15.6 Å². The molecule has 2 N–H and O–H groups in total. The second kappa shape index (κ2) is 7.23. The Morgan fingerprint density at radius 3 is 2.79 bits per heavy atom. The topological polar surface area (TPSA) is 74.3 Å². The van der Waals surface area contributed by atoms with E-state index in [1.807, 2.05) is 7.05 Å². The summed E-state index contributed by atoms with van der Waals surface area (Å²) in [5, 5.41) is 6.06. The van der Waals surface area contributed by atoms with Gasteiger partial charge in [0.1, 0.15) is 0 Å². The van der Waals surface area contributed by atoms with Gasteiger partial charge in [-0.25, -0.2) is 0 Å². The van der Waals surface area contributed by atoms with Crippen molar-refractivity contribution in [2.75, 3.05) is 25.5 Å². The molecule has 0 aliphatic carbocycles. The molecule has 0 bridgehead atoms. The van der Waals surface area contributed by atoms with Gasteiger partial charge < -0.3 is 15.5 Å². The molecule has 0 radical (unpaired) electrons. The first-order chi connectivity index (χ1) is 11.6. The molecule has 1 unspecified atom stereocenters. The van der Waals surface area contributed by atoms with E-state index < -0.39 is 0 Å². The maximum Gasteiger partial charge on any atom is 0.257 e. The van der Waals surface area contributed by atoms with Crippen LogP contribution in [0.5, 0.6) is 0 Å². The van der Waals surface area contributed by atoms with Crippen LogP contribution in [-0.2, 0) is 0 Å². The highest BCUT2D eigenvalue weighted by molar-refractivity contribution is 6.04. The van der Waals surface area contributed by atoms with E-state index in [1.165, 1.54) is 6.20 Å². The summed E-state index contributed by atoms with van der Waals surface area (Å²) in [6.07, 6.45) is 4.08. The summed E-state index contributed by atoms with van der Waals surface area (Å²) in [5.41, 5.74) is 1.63. The summed E-state index contributed by atoms with van der Waals surface area (Å²) in [5.74, 6) is -0.290. The molecule has 2 amide bonds. The largest absolute Gasteiger partial charge is 0.337 e. The quantitative estimate of drug-likeness (QED) is 0.899. The highest BCUT2D eigenvalue weighted by Crippen LogP contribution is 2.16. The van der Waals surface area contributed by atoms with Gasteiger partial charge in [-0.3, -0.25) is 14.6 Å². The van der Waals surface area contributed by atoms with E-state index in [1.54, 1.807) is 47.5 Å². The van der Waals surface area contributed by atoms with Crippen LogP contribution in [0.1, 0.15) is 27.1 Å². The number of benzene rings is 1. The fourth-order valence-corrected chi connectivity index (χ4v) is 2.77. The fraction of sp³-hybridized carbons (Fsp3) is 0.278. The minimum Gasteiger partial charge on any atom is -0.337 e. The Kier molecular flexibility index (Phi) is 4.86. The number of nitrogens with one attached hydrogen (secondary N) is 2. The van der Waals surface area contributed by atoms with Crippen molar-refractivity contribution >= 4 is 17.5 Å². The van der Waals surface area contributed by atoms with Gasteiger partial charge in [0.25, 0.3) is 11.8 Å². The lowest BCUT2D eigenvalue weighted by Crippen LogP contribution is -2.38. The van der Waals surface area contributed by atoms with Gasteiger partial charge in [-0.2, -0.15) is 0 Å². The standard InChI is InChI=1S/C18H20N4O2/c1-22(16-7-9-20-12-16)18(24)13-4-2-6-15(10-13)21-17(23)14-5-3-8-19-11-14/h2-6,8,10-11,16,20H,7,9,12H2,1H3,(H,21,23). The van der Waals surface area contributed by atoms with Crippen molar-refractivity contribution in [2.45, 2.75) is 12.5 Å². The molecular weight excluding hydrogens is 304 g/mol. The summed E-state index contributed by atoms with van der Waals surface area (Å²) in [4.78, 5) is 30.5. The predicted molar refractivity (Wildman–Crippen MR) is 92.0 cm³/mol. The highest BCUT2D eigenvalue weighted by Gasteiger charge is 2.24. The second-order valence-electron chi connectivity index (χ2n) is 5.84. The molecule has 1 aromatic carbocycles. The van der Waals surface area contributed by atoms with Gasteiger partial charge >= 0.3 is 0 Å². The van der Waals surface area contributed by atoms with Crippen LogP contribution in [0.4, 0.5) is 5.69 Å². The number of likely N-dealkylation sites (N-methyl/N-ethyl adjacent to an activating group) is 1. The third kappa shape index (κ3) is 3.60. The number of anilines is 1. The lowest BCUT2D eigenvalue weighted by molar-refractivity contribution is 0.0743. The van der Waals surface area contributed by atoms with Crippen molar-refractivity contribution < 1.29 is 9.59 Å². The summed E-state index contributed by atoms with van der Waals surface area (Å²) >= 11 is 0. The normalized spacial score (nSPS) is 16.6. The molecule has 24 heavy (non-hydrogen) atoms. The SMILES string of the molecule is CN(C(=O)c1cccc(NC(=O)c2cccnc2)c1)C1CCNC1. The molecule has 6 heteroatoms. The molecule has 124 valence electrons. The van der Waals surface area contributed by atoms with Crippen molar-refractivity contribution in [3.05, 3.63) is 59.9 Å². The maximum absolute atomic E-state index is 12.6. The van der Waals surface area contributed by atoms with Gasteiger partial charge in [0.15, 0.2) is 0 Å². The second-order valence-corrected chi connectivity index (χ2v) is 5.84. The predicted octanol–water partition coefficient (Wildman–Crippen LogP) is 1.77. The lowest BCUT2D eigenvalue weighted by atomic mass is 10.1. The number of rotatable bonds is 4. The van der Waals surface area contributed by atoms with Crippen LogP contribution in [0.3, 0.4) is 0 Å². The van der Waals surface area contributed by atoms with E-state index >= 15 is 0 Å². The van der Waals surface area contributed by atoms with Gasteiger partial charge in [0.2, 0.25) is 0 Å². The molecule has 1 fully saturated rings. The van der Waals surface area contributed by atoms with Crippen LogP contribution < -0.4 is 10.6 Å². The van der Waals surface area contributed by atoms with Crippen LogP contribution in [-0.4, -0.2) is 47.9 Å². The molecule has 0 spiro atoms. The Balaban J connectivity index is 1.72. The average molecular weight is 324 g/mol. The molecular formula is C18H20N4O2. The maximum atomic E-state index is 12.6. The summed E-state index contributed by atoms with van der Waals surface area (Å²) in [6.45, 7) is 1.75. The Morgan fingerprint density at radius 2 is 2.08 bits per heavy atom. The van der Waals surface area contributed by atoms with Crippen LogP contribution >= 0.6 is 0 Å². The number of nitrogens with zero attached hydrogens (tertiary/aromatic N) is 2. The van der Waals surface area contributed by atoms with Gasteiger partial charge in [0, 0.05) is 43.3 Å². The minimum atomic E-state index is -0.249. The number of aromatic nitrogens is 1. The molecule has 1 aliphatic heterocycles. The fourth-order valence-electron chi connectivity index (χ4n) is 2.77. The summed E-state index contributed by atoms with van der Waals surface area (Å²) in [7, 11) is 1.82. The Hall–Kier alpha value is -2.73. The molecule has 1 aromatic heterocycles. The first-order valence-electron chi connectivity index (χ1n) is 7.94. The van der Waals surface area contributed by atoms with Crippen molar-refractivity contribution in [2.24, 2.45) is 0 Å². The summed E-state index contributed by atoms with van der Waals surface area (Å²) in [6, 6.07) is 10.6. The third-order valence-electron chi connectivity index (χ3n) is 4.19. The number of carbonyl (C=O) groups excluding carboxylic acids is 2. The minimum absolute atomic E-state index is 0.0406. The van der Waals surface area contributed by atoms with Crippen LogP contribution in [0.25, 0.3) is 0 Å². The van der Waals surface area contributed by atoms with Crippen molar-refractivity contribution in [3.8, 4) is 0 Å². The van der Waals surface area contributed by atoms with Crippen LogP contribution in [0.2, 0.25) is 0 Å². The molecule has 1 saturated heterocycles. The van der Waals surface area contributed by atoms with E-state index in [0.29, 0.717) is 16.8 Å². The lowest BCUT2D eigenvalue weighted by Gasteiger charge is -2.24. The van der Waals surface area contributed by atoms with E-state index in [-0.39, 0.29) is 17.9 Å². The van der Waals surface area contributed by atoms with Gasteiger partial charge in [-0.1, -0.05) is 6.07 Å². The van der Waals surface area contributed by atoms with Crippen molar-refractivity contribution in [3.63, 3.8) is 0 Å². The zero-order valence-corrected chi connectivity index (χ0v) is 13.5. The molecule has 6 nitrogen and oxygen atoms in total. The van der Waals surface area contributed by atoms with Gasteiger partial charge in [-0.05, 0) is 43.3 Å². The van der Waals surface area contributed by atoms with E-state index in [9.17, 15) is 9.59 Å². The molecule has 0 saturated carbocycles. The molecule has 2 aromatic rings. The number of carbonyl (C=O) groups is 2. The zero-order valence-electron chi connectivity index (χ0n) is 13.5. The summed E-state index contributed by atoms with van der Waals surface area (Å²) < 4.78 is 0. The van der Waals surface area contributed by atoms with Gasteiger partial charge in [-0.15, -0.1) is 0 Å². The molecule has 1 atom stereocenters. The number of hydrogen-bond donors (Lipinski definition) is 2. The monoisotopic (exact) mass is 324 g/mol. The molecule has 3 rings (SSSR count). The van der Waals surface area contributed by atoms with Crippen molar-refractivity contribution in [1.82, 2.24) is 15.2 Å². The average Bonchev–Trinajstić information content (AvgIpc) is 3.16.